The third kappa shape index (κ3) is 1.13. The zero-order valence-electron chi connectivity index (χ0n) is 9.50. The van der Waals surface area contributed by atoms with Crippen molar-refractivity contribution >= 4 is 5.91 Å². The molecule has 0 spiro atoms. The minimum atomic E-state index is 0.209. The van der Waals surface area contributed by atoms with Crippen LogP contribution in [0.3, 0.4) is 0 Å². The predicted octanol–water partition coefficient (Wildman–Crippen LogP) is 2.07. The van der Waals surface area contributed by atoms with Gasteiger partial charge in [0, 0.05) is 19.7 Å². The van der Waals surface area contributed by atoms with E-state index < -0.39 is 0 Å². The maximum atomic E-state index is 11.9. The largest absolute Gasteiger partial charge is 0.345 e. The van der Waals surface area contributed by atoms with E-state index in [0.29, 0.717) is 11.3 Å². The van der Waals surface area contributed by atoms with Gasteiger partial charge in [0.1, 0.15) is 0 Å². The quantitative estimate of drug-likeness (QED) is 0.624. The van der Waals surface area contributed by atoms with Crippen LogP contribution in [0.2, 0.25) is 0 Å². The highest BCUT2D eigenvalue weighted by molar-refractivity contribution is 5.94. The van der Waals surface area contributed by atoms with Gasteiger partial charge in [-0.15, -0.1) is 0 Å². The molecule has 3 rings (SSSR count). The molecule has 0 heterocycles. The second-order valence-corrected chi connectivity index (χ2v) is 5.40. The molecule has 2 heteroatoms. The van der Waals surface area contributed by atoms with Gasteiger partial charge >= 0.3 is 0 Å². The Balaban J connectivity index is 2.23. The molecule has 0 aromatic heterocycles. The predicted molar refractivity (Wildman–Crippen MR) is 56.8 cm³/mol. The van der Waals surface area contributed by atoms with E-state index in [2.05, 4.69) is 19.9 Å². The summed E-state index contributed by atoms with van der Waals surface area (Å²) in [6.45, 7) is 4.59. The highest BCUT2D eigenvalue weighted by Gasteiger charge is 2.52. The number of carbonyl (C=O) groups excluding carboxylic acids is 1. The van der Waals surface area contributed by atoms with E-state index in [1.807, 2.05) is 14.1 Å². The molecule has 3 aliphatic carbocycles. The van der Waals surface area contributed by atoms with E-state index in [1.54, 1.807) is 4.90 Å². The number of nitrogens with zero attached hydrogens (tertiary/aromatic N) is 1. The minimum Gasteiger partial charge on any atom is -0.345 e. The summed E-state index contributed by atoms with van der Waals surface area (Å²) in [5, 5.41) is 0. The number of allylic oxidation sites excluding steroid dienone is 1. The van der Waals surface area contributed by atoms with Gasteiger partial charge in [-0.2, -0.15) is 0 Å². The summed E-state index contributed by atoms with van der Waals surface area (Å²) in [5.74, 6) is 1.53. The van der Waals surface area contributed by atoms with Gasteiger partial charge in [0.05, 0.1) is 0 Å². The molecule has 2 atom stereocenters. The van der Waals surface area contributed by atoms with Crippen LogP contribution in [0.1, 0.15) is 26.7 Å². The summed E-state index contributed by atoms with van der Waals surface area (Å²) in [6, 6.07) is 0. The number of fused-ring (bicyclic) bond motifs is 1. The van der Waals surface area contributed by atoms with Gasteiger partial charge in [0.15, 0.2) is 0 Å². The summed E-state index contributed by atoms with van der Waals surface area (Å²) >= 11 is 0. The second kappa shape index (κ2) is 2.85. The molecule has 3 aliphatic rings. The van der Waals surface area contributed by atoms with E-state index in [1.165, 1.54) is 6.42 Å². The lowest BCUT2D eigenvalue weighted by atomic mass is 9.49. The van der Waals surface area contributed by atoms with Crippen molar-refractivity contribution in [1.29, 1.82) is 0 Å². The first-order valence-electron chi connectivity index (χ1n) is 5.36. The maximum absolute atomic E-state index is 11.9. The third-order valence-corrected chi connectivity index (χ3v) is 4.12. The van der Waals surface area contributed by atoms with Gasteiger partial charge in [-0.3, -0.25) is 4.79 Å². The van der Waals surface area contributed by atoms with Crippen LogP contribution in [-0.2, 0) is 4.79 Å². The van der Waals surface area contributed by atoms with Gasteiger partial charge in [0.2, 0.25) is 5.91 Å². The molecular formula is C12H19NO. The Hall–Kier alpha value is -0.790. The fourth-order valence-electron chi connectivity index (χ4n) is 2.85. The molecule has 1 fully saturated rings. The Morgan fingerprint density at radius 3 is 2.57 bits per heavy atom. The highest BCUT2D eigenvalue weighted by atomic mass is 16.2. The lowest BCUT2D eigenvalue weighted by Crippen LogP contribution is -2.50. The van der Waals surface area contributed by atoms with Crippen LogP contribution in [-0.4, -0.2) is 24.9 Å². The standard InChI is InChI=1S/C12H19NO/c1-12(2)8-5-6-9(10(12)7-8)11(14)13(3)4/h6,8,10H,5,7H2,1-4H3/t8-,10-/m0/s1. The van der Waals surface area contributed by atoms with Crippen molar-refractivity contribution in [3.63, 3.8) is 0 Å². The summed E-state index contributed by atoms with van der Waals surface area (Å²) in [6.07, 6.45) is 4.48. The molecular weight excluding hydrogens is 174 g/mol. The number of amides is 1. The van der Waals surface area contributed by atoms with E-state index in [0.717, 1.165) is 17.9 Å². The first kappa shape index (κ1) is 9.75. The van der Waals surface area contributed by atoms with Gasteiger partial charge in [-0.25, -0.2) is 0 Å². The van der Waals surface area contributed by atoms with Crippen molar-refractivity contribution in [2.45, 2.75) is 26.7 Å². The Bertz CT molecular complexity index is 301. The van der Waals surface area contributed by atoms with Crippen LogP contribution in [0.4, 0.5) is 0 Å². The van der Waals surface area contributed by atoms with Gasteiger partial charge in [-0.1, -0.05) is 19.9 Å². The molecule has 0 N–H and O–H groups in total. The Kier molecular flexibility index (Phi) is 1.98. The Labute approximate surface area is 86.0 Å². The number of hydrogen-bond acceptors (Lipinski definition) is 1. The molecule has 0 aliphatic heterocycles. The molecule has 1 amide bonds. The van der Waals surface area contributed by atoms with E-state index in [4.69, 9.17) is 0 Å². The lowest BCUT2D eigenvalue weighted by molar-refractivity contribution is -0.128. The van der Waals surface area contributed by atoms with Crippen LogP contribution in [0, 0.1) is 17.3 Å². The topological polar surface area (TPSA) is 20.3 Å². The van der Waals surface area contributed by atoms with Crippen molar-refractivity contribution in [2.75, 3.05) is 14.1 Å². The van der Waals surface area contributed by atoms with Crippen LogP contribution >= 0.6 is 0 Å². The molecule has 1 saturated carbocycles. The normalized spacial score (nSPS) is 33.0. The minimum absolute atomic E-state index is 0.209. The molecule has 0 aromatic carbocycles. The first-order chi connectivity index (χ1) is 6.44. The Morgan fingerprint density at radius 1 is 1.50 bits per heavy atom. The zero-order valence-corrected chi connectivity index (χ0v) is 9.50. The number of rotatable bonds is 1. The van der Waals surface area contributed by atoms with E-state index in [9.17, 15) is 4.79 Å². The van der Waals surface area contributed by atoms with Crippen LogP contribution in [0.5, 0.6) is 0 Å². The molecule has 0 radical (unpaired) electrons. The van der Waals surface area contributed by atoms with Crippen molar-refractivity contribution in [3.05, 3.63) is 11.6 Å². The number of hydrogen-bond donors (Lipinski definition) is 0. The smallest absolute Gasteiger partial charge is 0.249 e. The van der Waals surface area contributed by atoms with Crippen molar-refractivity contribution in [2.24, 2.45) is 17.3 Å². The first-order valence-corrected chi connectivity index (χ1v) is 5.36. The fraction of sp³-hybridized carbons (Fsp3) is 0.750. The number of likely N-dealkylation sites (N-methyl/N-ethyl adjacent to an activating group) is 1. The number of carbonyl (C=O) groups is 1. The average Bonchev–Trinajstić information content (AvgIpc) is 2.16. The SMILES string of the molecule is CN(C)C(=O)C1=CC[C@H]2C[C@@H]1C2(C)C. The zero-order chi connectivity index (χ0) is 10.5. The summed E-state index contributed by atoms with van der Waals surface area (Å²) < 4.78 is 0. The molecule has 0 saturated heterocycles. The third-order valence-electron chi connectivity index (χ3n) is 4.12. The molecule has 0 aromatic rings. The summed E-state index contributed by atoms with van der Waals surface area (Å²) in [7, 11) is 3.67. The highest BCUT2D eigenvalue weighted by Crippen LogP contribution is 2.59. The van der Waals surface area contributed by atoms with Crippen molar-refractivity contribution in [3.8, 4) is 0 Å². The van der Waals surface area contributed by atoms with Gasteiger partial charge in [-0.05, 0) is 30.1 Å². The van der Waals surface area contributed by atoms with E-state index >= 15 is 0 Å². The van der Waals surface area contributed by atoms with Crippen molar-refractivity contribution in [1.82, 2.24) is 4.90 Å². The summed E-state index contributed by atoms with van der Waals surface area (Å²) in [4.78, 5) is 13.6. The van der Waals surface area contributed by atoms with Crippen molar-refractivity contribution < 1.29 is 4.79 Å². The van der Waals surface area contributed by atoms with Gasteiger partial charge < -0.3 is 4.90 Å². The van der Waals surface area contributed by atoms with E-state index in [-0.39, 0.29) is 5.91 Å². The monoisotopic (exact) mass is 193 g/mol. The molecule has 0 unspecified atom stereocenters. The van der Waals surface area contributed by atoms with Crippen LogP contribution in [0.15, 0.2) is 11.6 Å². The molecule has 14 heavy (non-hydrogen) atoms. The maximum Gasteiger partial charge on any atom is 0.249 e. The molecule has 2 nitrogen and oxygen atoms in total. The average molecular weight is 193 g/mol. The Morgan fingerprint density at radius 2 is 2.14 bits per heavy atom. The molecule has 2 bridgehead atoms. The summed E-state index contributed by atoms with van der Waals surface area (Å²) in [5.41, 5.74) is 1.41. The fourth-order valence-corrected chi connectivity index (χ4v) is 2.85. The van der Waals surface area contributed by atoms with Gasteiger partial charge in [0.25, 0.3) is 0 Å². The molecule has 78 valence electrons. The van der Waals surface area contributed by atoms with Crippen LogP contribution < -0.4 is 0 Å². The lowest BCUT2D eigenvalue weighted by Gasteiger charge is -2.56. The second-order valence-electron chi connectivity index (χ2n) is 5.40. The van der Waals surface area contributed by atoms with Crippen LogP contribution in [0.25, 0.3) is 0 Å².